The van der Waals surface area contributed by atoms with Gasteiger partial charge in [-0.25, -0.2) is 0 Å². The fraction of sp³-hybridized carbons (Fsp3) is 0.529. The first-order valence-corrected chi connectivity index (χ1v) is 8.06. The van der Waals surface area contributed by atoms with Gasteiger partial charge in [-0.15, -0.1) is 0 Å². The first-order valence-electron chi connectivity index (χ1n) is 8.06. The minimum absolute atomic E-state index is 0.111. The van der Waals surface area contributed by atoms with Gasteiger partial charge < -0.3 is 14.9 Å². The molecule has 0 unspecified atom stereocenters. The molecule has 0 radical (unpaired) electrons. The molecule has 1 saturated heterocycles. The zero-order chi connectivity index (χ0) is 16.1. The van der Waals surface area contributed by atoms with Crippen LogP contribution in [-0.4, -0.2) is 61.5 Å². The molecule has 1 aromatic rings. The van der Waals surface area contributed by atoms with Gasteiger partial charge in [-0.2, -0.15) is 0 Å². The molecule has 1 atom stereocenters. The van der Waals surface area contributed by atoms with Crippen molar-refractivity contribution in [2.75, 3.05) is 39.4 Å². The first-order chi connectivity index (χ1) is 11.2. The van der Waals surface area contributed by atoms with Gasteiger partial charge in [-0.3, -0.25) is 9.69 Å². The van der Waals surface area contributed by atoms with Crippen molar-refractivity contribution < 1.29 is 14.4 Å². The van der Waals surface area contributed by atoms with Crippen LogP contribution in [0.4, 0.5) is 0 Å². The molecule has 2 aliphatic heterocycles. The van der Waals surface area contributed by atoms with Crippen molar-refractivity contribution in [1.82, 2.24) is 10.2 Å². The Bertz CT molecular complexity index is 570. The van der Waals surface area contributed by atoms with E-state index in [1.165, 1.54) is 0 Å². The van der Waals surface area contributed by atoms with Crippen molar-refractivity contribution in [2.45, 2.75) is 18.9 Å². The van der Waals surface area contributed by atoms with E-state index < -0.39 is 5.60 Å². The number of nitrogens with zero attached hydrogens (tertiary/aromatic N) is 2. The molecule has 3 rings (SSSR count). The molecule has 1 fully saturated rings. The zero-order valence-electron chi connectivity index (χ0n) is 13.5. The topological polar surface area (TPSA) is 63.2 Å². The maximum absolute atomic E-state index is 12.4. The Hall–Kier alpha value is -1.92. The Morgan fingerprint density at radius 2 is 2.04 bits per heavy atom. The number of hydrogen-bond donors (Lipinski definition) is 1. The molecule has 0 aliphatic carbocycles. The predicted molar refractivity (Wildman–Crippen MR) is 87.4 cm³/mol. The number of carbonyl (C=O) groups excluding carboxylic acids is 1. The van der Waals surface area contributed by atoms with Gasteiger partial charge in [-0.05, 0) is 12.5 Å². The van der Waals surface area contributed by atoms with E-state index in [1.54, 1.807) is 6.92 Å². The van der Waals surface area contributed by atoms with E-state index in [-0.39, 0.29) is 5.91 Å². The van der Waals surface area contributed by atoms with Gasteiger partial charge in [0.2, 0.25) is 5.60 Å². The zero-order valence-corrected chi connectivity index (χ0v) is 13.5. The molecule has 23 heavy (non-hydrogen) atoms. The molecule has 0 saturated carbocycles. The standard InChI is InChI=1S/C17H23N3O3/c1-17(13-15(19-23-17)14-5-3-2-4-6-14)16(21)18-7-8-20-9-11-22-12-10-20/h2-6H,7-13H2,1H3,(H,18,21)/t17-/m1/s1. The second-order valence-corrected chi connectivity index (χ2v) is 6.11. The average molecular weight is 317 g/mol. The minimum Gasteiger partial charge on any atom is -0.379 e. The smallest absolute Gasteiger partial charge is 0.267 e. The van der Waals surface area contributed by atoms with E-state index in [0.29, 0.717) is 13.0 Å². The highest BCUT2D eigenvalue weighted by Gasteiger charge is 2.42. The van der Waals surface area contributed by atoms with Gasteiger partial charge >= 0.3 is 0 Å². The number of rotatable bonds is 5. The quantitative estimate of drug-likeness (QED) is 0.881. The number of nitrogens with one attached hydrogen (secondary N) is 1. The third-order valence-electron chi connectivity index (χ3n) is 4.27. The van der Waals surface area contributed by atoms with Gasteiger partial charge in [0.25, 0.3) is 5.91 Å². The number of hydrogen-bond acceptors (Lipinski definition) is 5. The molecule has 0 aromatic heterocycles. The van der Waals surface area contributed by atoms with Gasteiger partial charge in [-0.1, -0.05) is 35.5 Å². The van der Waals surface area contributed by atoms with E-state index in [4.69, 9.17) is 9.57 Å². The van der Waals surface area contributed by atoms with Crippen molar-refractivity contribution in [3.8, 4) is 0 Å². The van der Waals surface area contributed by atoms with Crippen LogP contribution in [0.5, 0.6) is 0 Å². The lowest BCUT2D eigenvalue weighted by atomic mass is 9.95. The van der Waals surface area contributed by atoms with Crippen LogP contribution in [0, 0.1) is 0 Å². The molecule has 0 spiro atoms. The van der Waals surface area contributed by atoms with Crippen LogP contribution >= 0.6 is 0 Å². The summed E-state index contributed by atoms with van der Waals surface area (Å²) in [4.78, 5) is 20.2. The van der Waals surface area contributed by atoms with Crippen LogP contribution in [0.15, 0.2) is 35.5 Å². The summed E-state index contributed by atoms with van der Waals surface area (Å²) in [6.45, 7) is 6.61. The van der Waals surface area contributed by atoms with Crippen LogP contribution in [0.3, 0.4) is 0 Å². The lowest BCUT2D eigenvalue weighted by Crippen LogP contribution is -2.48. The third kappa shape index (κ3) is 3.89. The highest BCUT2D eigenvalue weighted by molar-refractivity contribution is 6.05. The largest absolute Gasteiger partial charge is 0.379 e. The van der Waals surface area contributed by atoms with Crippen molar-refractivity contribution in [3.63, 3.8) is 0 Å². The van der Waals surface area contributed by atoms with E-state index in [1.807, 2.05) is 30.3 Å². The summed E-state index contributed by atoms with van der Waals surface area (Å²) < 4.78 is 5.31. The normalized spacial score (nSPS) is 24.8. The van der Waals surface area contributed by atoms with E-state index >= 15 is 0 Å². The fourth-order valence-electron chi connectivity index (χ4n) is 2.79. The summed E-state index contributed by atoms with van der Waals surface area (Å²) in [5.74, 6) is -0.111. The summed E-state index contributed by atoms with van der Waals surface area (Å²) in [7, 11) is 0. The SMILES string of the molecule is C[C@]1(C(=O)NCCN2CCOCC2)CC(c2ccccc2)=NO1. The maximum atomic E-state index is 12.4. The highest BCUT2D eigenvalue weighted by atomic mass is 16.7. The Morgan fingerprint density at radius 1 is 1.30 bits per heavy atom. The second-order valence-electron chi connectivity index (χ2n) is 6.11. The number of amides is 1. The molecule has 2 aliphatic rings. The molecule has 0 bridgehead atoms. The predicted octanol–water partition coefficient (Wildman–Crippen LogP) is 1.02. The number of ether oxygens (including phenoxy) is 1. The minimum atomic E-state index is -0.920. The lowest BCUT2D eigenvalue weighted by molar-refractivity contribution is -0.141. The molecule has 124 valence electrons. The van der Waals surface area contributed by atoms with E-state index in [9.17, 15) is 4.79 Å². The fourth-order valence-corrected chi connectivity index (χ4v) is 2.79. The van der Waals surface area contributed by atoms with Crippen molar-refractivity contribution in [2.24, 2.45) is 5.16 Å². The molecule has 2 heterocycles. The molecule has 6 heteroatoms. The second kappa shape index (κ2) is 7.10. The highest BCUT2D eigenvalue weighted by Crippen LogP contribution is 2.26. The molecule has 1 aromatic carbocycles. The summed E-state index contributed by atoms with van der Waals surface area (Å²) in [6.07, 6.45) is 0.487. The van der Waals surface area contributed by atoms with Crippen LogP contribution in [0.2, 0.25) is 0 Å². The van der Waals surface area contributed by atoms with E-state index in [0.717, 1.165) is 44.1 Å². The van der Waals surface area contributed by atoms with E-state index in [2.05, 4.69) is 15.4 Å². The Kier molecular flexibility index (Phi) is 4.93. The molecule has 6 nitrogen and oxygen atoms in total. The number of oxime groups is 1. The Labute approximate surface area is 136 Å². The summed E-state index contributed by atoms with van der Waals surface area (Å²) >= 11 is 0. The summed E-state index contributed by atoms with van der Waals surface area (Å²) in [5.41, 5.74) is 0.893. The van der Waals surface area contributed by atoms with Crippen molar-refractivity contribution >= 4 is 11.6 Å². The Morgan fingerprint density at radius 3 is 2.78 bits per heavy atom. The van der Waals surface area contributed by atoms with Crippen LogP contribution in [0.25, 0.3) is 0 Å². The number of benzene rings is 1. The molecule has 1 amide bonds. The summed E-state index contributed by atoms with van der Waals surface area (Å²) in [6, 6.07) is 9.82. The van der Waals surface area contributed by atoms with Gasteiger partial charge in [0, 0.05) is 32.6 Å². The molecule has 1 N–H and O–H groups in total. The Balaban J connectivity index is 1.48. The van der Waals surface area contributed by atoms with Crippen LogP contribution < -0.4 is 5.32 Å². The maximum Gasteiger partial charge on any atom is 0.267 e. The van der Waals surface area contributed by atoms with Gasteiger partial charge in [0.05, 0.1) is 18.9 Å². The number of morpholine rings is 1. The van der Waals surface area contributed by atoms with Gasteiger partial charge in [0.1, 0.15) is 0 Å². The average Bonchev–Trinajstić information content (AvgIpc) is 3.00. The lowest BCUT2D eigenvalue weighted by Gasteiger charge is -2.27. The van der Waals surface area contributed by atoms with Gasteiger partial charge in [0.15, 0.2) is 0 Å². The van der Waals surface area contributed by atoms with Crippen LogP contribution in [-0.2, 0) is 14.4 Å². The first kappa shape index (κ1) is 16.0. The monoisotopic (exact) mass is 317 g/mol. The molecular formula is C17H23N3O3. The summed E-state index contributed by atoms with van der Waals surface area (Å²) in [5, 5.41) is 7.07. The molecular weight excluding hydrogens is 294 g/mol. The third-order valence-corrected chi connectivity index (χ3v) is 4.27. The van der Waals surface area contributed by atoms with Crippen molar-refractivity contribution in [1.29, 1.82) is 0 Å². The van der Waals surface area contributed by atoms with Crippen LogP contribution in [0.1, 0.15) is 18.9 Å². The number of carbonyl (C=O) groups is 1. The van der Waals surface area contributed by atoms with Crippen molar-refractivity contribution in [3.05, 3.63) is 35.9 Å².